The Labute approximate surface area is 623 Å². The highest BCUT2D eigenvalue weighted by atomic mass is 32.1. The van der Waals surface area contributed by atoms with Gasteiger partial charge in [-0.05, 0) is 226 Å². The fraction of sp³-hybridized carbons (Fsp3) is 0.519. The number of Topliss-reactive ketones (excluding diaryl/α,β-unsaturated/α-hetero) is 1. The molecular formula is C79H103F10N5O9S2. The Hall–Kier alpha value is -7.26. The number of aliphatic carboxylic acids is 1. The minimum absolute atomic E-state index is 0. The third kappa shape index (κ3) is 23.9. The number of halogens is 10. The molecule has 0 saturated heterocycles. The Kier molecular flexibility index (Phi) is 33.1. The highest BCUT2D eigenvalue weighted by Crippen LogP contribution is 2.49. The molecule has 8 rings (SSSR count). The summed E-state index contributed by atoms with van der Waals surface area (Å²) < 4.78 is 158. The van der Waals surface area contributed by atoms with Gasteiger partial charge in [0.15, 0.2) is 5.78 Å². The van der Waals surface area contributed by atoms with Crippen LogP contribution in [-0.4, -0.2) is 102 Å². The van der Waals surface area contributed by atoms with Crippen molar-refractivity contribution in [3.8, 4) is 22.3 Å². The molecule has 2 unspecified atom stereocenters. The molecule has 580 valence electrons. The molecule has 0 aliphatic heterocycles. The lowest BCUT2D eigenvalue weighted by atomic mass is 9.82. The first-order chi connectivity index (χ1) is 48.0. The number of carboxylic acids is 1. The molecule has 0 amide bonds. The van der Waals surface area contributed by atoms with E-state index in [1.165, 1.54) is 0 Å². The van der Waals surface area contributed by atoms with Crippen molar-refractivity contribution in [1.29, 1.82) is 0 Å². The molecule has 6 aromatic rings. The summed E-state index contributed by atoms with van der Waals surface area (Å²) in [5.74, 6) is -7.77. The summed E-state index contributed by atoms with van der Waals surface area (Å²) in [5.41, 5.74) is 9.37. The highest BCUT2D eigenvalue weighted by Gasteiger charge is 2.40. The molecule has 0 radical (unpaired) electrons. The number of carboxylic acid groups (broad SMARTS) is 1. The molecule has 26 heteroatoms. The second kappa shape index (κ2) is 38.5. The van der Waals surface area contributed by atoms with E-state index < -0.39 is 124 Å². The number of hydrogen-bond acceptors (Lipinski definition) is 11. The molecule has 2 aliphatic rings. The van der Waals surface area contributed by atoms with Crippen LogP contribution < -0.4 is 16.9 Å². The van der Waals surface area contributed by atoms with Gasteiger partial charge in [0, 0.05) is 78.3 Å². The van der Waals surface area contributed by atoms with Crippen molar-refractivity contribution in [1.82, 2.24) is 18.9 Å². The van der Waals surface area contributed by atoms with E-state index in [0.717, 1.165) is 73.3 Å². The van der Waals surface area contributed by atoms with Gasteiger partial charge in [-0.1, -0.05) is 63.1 Å². The third-order valence-corrected chi connectivity index (χ3v) is 18.4. The maximum Gasteiger partial charge on any atom is 0.416 e. The predicted octanol–water partition coefficient (Wildman–Crippen LogP) is 17.3. The molecule has 2 saturated carbocycles. The lowest BCUT2D eigenvalue weighted by molar-refractivity contribution is -0.144. The zero-order chi connectivity index (χ0) is 77.2. The number of esters is 2. The van der Waals surface area contributed by atoms with Crippen LogP contribution in [0.3, 0.4) is 0 Å². The smallest absolute Gasteiger partial charge is 0.416 e. The van der Waals surface area contributed by atoms with Gasteiger partial charge in [-0.15, -0.1) is 0 Å². The molecule has 4 atom stereocenters. The van der Waals surface area contributed by atoms with Crippen molar-refractivity contribution in [3.05, 3.63) is 183 Å². The first kappa shape index (κ1) is 90.1. The van der Waals surface area contributed by atoms with Crippen LogP contribution in [0.5, 0.6) is 0 Å². The van der Waals surface area contributed by atoms with E-state index in [9.17, 15) is 60.2 Å². The van der Waals surface area contributed by atoms with E-state index in [-0.39, 0.29) is 125 Å². The van der Waals surface area contributed by atoms with Crippen molar-refractivity contribution >= 4 is 50.7 Å². The average Bonchev–Trinajstić information content (AvgIpc) is 1.62. The summed E-state index contributed by atoms with van der Waals surface area (Å²) >= 11 is 0. The molecule has 0 spiro atoms. The number of benzene rings is 4. The number of hydrogen-bond donors (Lipinski definition) is 2. The lowest BCUT2D eigenvalue weighted by Gasteiger charge is -2.26. The molecule has 2 fully saturated rings. The maximum atomic E-state index is 17.0. The number of rotatable bonds is 28. The Morgan fingerprint density at radius 1 is 0.543 bits per heavy atom. The van der Waals surface area contributed by atoms with Gasteiger partial charge in [-0.25, -0.2) is 22.4 Å². The van der Waals surface area contributed by atoms with E-state index in [1.807, 2.05) is 65.8 Å². The van der Waals surface area contributed by atoms with Gasteiger partial charge >= 0.3 is 30.3 Å². The lowest BCUT2D eigenvalue weighted by Crippen LogP contribution is -2.33. The molecule has 2 aliphatic carbocycles. The van der Waals surface area contributed by atoms with Gasteiger partial charge in [0.25, 0.3) is 11.1 Å². The second-order valence-electron chi connectivity index (χ2n) is 28.8. The predicted molar refractivity (Wildman–Crippen MR) is 399 cm³/mol. The fourth-order valence-corrected chi connectivity index (χ4v) is 13.5. The first-order valence-electron chi connectivity index (χ1n) is 35.0. The summed E-state index contributed by atoms with van der Waals surface area (Å²) in [6.45, 7) is 22.7. The van der Waals surface area contributed by atoms with Gasteiger partial charge in [0.05, 0.1) is 43.2 Å². The van der Waals surface area contributed by atoms with Gasteiger partial charge in [-0.2, -0.15) is 53.3 Å². The van der Waals surface area contributed by atoms with Crippen molar-refractivity contribution < 1.29 is 77.7 Å². The maximum absolute atomic E-state index is 17.0. The summed E-state index contributed by atoms with van der Waals surface area (Å²) in [4.78, 5) is 79.5. The normalized spacial score (nSPS) is 14.2. The zero-order valence-corrected chi connectivity index (χ0v) is 64.9. The second-order valence-corrected chi connectivity index (χ2v) is 28.8. The van der Waals surface area contributed by atoms with E-state index in [4.69, 9.17) is 15.2 Å². The van der Waals surface area contributed by atoms with Crippen LogP contribution in [-0.2, 0) is 53.8 Å². The Morgan fingerprint density at radius 2 is 0.895 bits per heavy atom. The first-order valence-corrected chi connectivity index (χ1v) is 35.0. The van der Waals surface area contributed by atoms with E-state index in [2.05, 4.69) is 0 Å². The van der Waals surface area contributed by atoms with Gasteiger partial charge in [0.2, 0.25) is 0 Å². The SMILES string of the molecule is CC(C)CC(C(=O)O)n1cc(CCN(C)C)c(C(F)(F)F)cc1=O.CCOC(=O)C[C@H](CC(=O)C(CC(C)C)n1cc(CCN(C)C)c(C(F)(F)F)cc1=O)c1c(F)c(-c2c(C)cc(C)cc2C)cc(C2CC2)c1F.CCOC(=O)C[C@H](N)c1c(F)c(-c2c(C)cc(C)cc2C)cc(C2CC2)c1F.S.S. The fourth-order valence-electron chi connectivity index (χ4n) is 13.5. The van der Waals surface area contributed by atoms with Crippen LogP contribution in [0.2, 0.25) is 0 Å². The monoisotopic (exact) mass is 1520 g/mol. The number of alkyl halides is 6. The number of aromatic nitrogens is 2. The van der Waals surface area contributed by atoms with Crippen LogP contribution in [0.4, 0.5) is 43.9 Å². The largest absolute Gasteiger partial charge is 0.480 e. The van der Waals surface area contributed by atoms with Crippen molar-refractivity contribution in [2.24, 2.45) is 17.6 Å². The molecule has 3 N–H and O–H groups in total. The number of nitrogens with two attached hydrogens (primary N) is 1. The van der Waals surface area contributed by atoms with Crippen LogP contribution in [0.25, 0.3) is 22.3 Å². The van der Waals surface area contributed by atoms with Gasteiger partial charge in [-0.3, -0.25) is 24.0 Å². The molecule has 2 aromatic heterocycles. The molecule has 14 nitrogen and oxygen atoms in total. The molecular weight excluding hydrogens is 1420 g/mol. The summed E-state index contributed by atoms with van der Waals surface area (Å²) in [6.07, 6.45) is -5.22. The highest BCUT2D eigenvalue weighted by molar-refractivity contribution is 7.59. The number of carbonyl (C=O) groups is 4. The van der Waals surface area contributed by atoms with E-state index in [1.54, 1.807) is 91.7 Å². The zero-order valence-electron chi connectivity index (χ0n) is 62.9. The Balaban J connectivity index is 0.000000364. The van der Waals surface area contributed by atoms with E-state index >= 15 is 17.6 Å². The molecule has 2 heterocycles. The van der Waals surface area contributed by atoms with Crippen LogP contribution in [0.15, 0.2) is 70.5 Å². The molecule has 105 heavy (non-hydrogen) atoms. The quantitative estimate of drug-likeness (QED) is 0.0351. The number of nitrogens with zero attached hydrogens (tertiary/aromatic N) is 4. The van der Waals surface area contributed by atoms with Crippen LogP contribution in [0, 0.1) is 76.6 Å². The van der Waals surface area contributed by atoms with Gasteiger partial charge < -0.3 is 39.2 Å². The summed E-state index contributed by atoms with van der Waals surface area (Å²) in [7, 11) is 6.87. The Bertz CT molecular complexity index is 4140. The van der Waals surface area contributed by atoms with E-state index in [0.29, 0.717) is 53.8 Å². The van der Waals surface area contributed by atoms with Crippen molar-refractivity contribution in [3.63, 3.8) is 0 Å². The number of pyridine rings is 2. The number of likely N-dealkylation sites (N-methyl/N-ethyl adjacent to an activating group) is 2. The number of carbonyl (C=O) groups excluding carboxylic acids is 3. The molecule has 4 aromatic carbocycles. The third-order valence-electron chi connectivity index (χ3n) is 18.4. The molecule has 0 bridgehead atoms. The Morgan fingerprint density at radius 3 is 1.24 bits per heavy atom. The minimum Gasteiger partial charge on any atom is -0.480 e. The summed E-state index contributed by atoms with van der Waals surface area (Å²) in [5, 5.41) is 9.35. The van der Waals surface area contributed by atoms with Crippen LogP contribution in [0.1, 0.15) is 213 Å². The number of ketones is 1. The standard InChI is InChI=1S/C40H49F5N2O4.C23H27F2NO2.C16H23F3N2O3.2H2S/c1-9-51-35(50)18-28(37-38(41)29(26-10-11-26)19-30(39(37)42)36-24(5)15-23(4)16-25(36)6)17-33(48)32(14-22(2)3)47-21-27(12-13-46(7)8)31(20-34(47)49)40(43,44)45;1-5-28-19(27)11-18(26)21-22(24)16(15-6-7-15)10-17(23(21)25)20-13(3)8-12(2)9-14(20)4;1-10(2)7-13(15(23)24)21-9-11(5-6-20(3)4)12(8-14(21)22)16(17,18)19;;/h15-16,19-22,26,28,32H,9-14,17-18H2,1-8H3;8-10,15,18H,5-7,11,26H2,1-4H3;8-10,13H,5-7H2,1-4H3,(H,23,24);2*1H2/t28-,32?;18-;;;/m00.../s1. The average molecular weight is 1520 g/mol. The minimum atomic E-state index is -4.80. The van der Waals surface area contributed by atoms with Gasteiger partial charge in [0.1, 0.15) is 29.3 Å². The number of ether oxygens (including phenoxy) is 2. The van der Waals surface area contributed by atoms with Crippen molar-refractivity contribution in [2.75, 3.05) is 54.5 Å². The van der Waals surface area contributed by atoms with Crippen molar-refractivity contribution in [2.45, 2.75) is 202 Å². The summed E-state index contributed by atoms with van der Waals surface area (Å²) in [6, 6.07) is 8.45. The number of aryl methyl sites for hydroxylation is 6. The van der Waals surface area contributed by atoms with Crippen LogP contribution >= 0.6 is 27.0 Å². The topological polar surface area (TPSA) is 183 Å².